The number of hydrogen-bond acceptors (Lipinski definition) is 4. The number of esters is 1. The molecule has 0 amide bonds. The van der Waals surface area contributed by atoms with Gasteiger partial charge < -0.3 is 14.6 Å². The monoisotopic (exact) mass is 496 g/mol. The first kappa shape index (κ1) is 34.1. The van der Waals surface area contributed by atoms with Crippen LogP contribution in [0.1, 0.15) is 155 Å². The Balaban J connectivity index is 3.43. The standard InChI is InChI=1S/C31H60O4/c1-3-5-7-9-11-13-14-15-16-17-18-19-21-23-25-27-34-29-30(28-32)35-31(33)26-24-22-20-12-10-8-6-4-2/h14-15,30,32H,3-13,16-29H2,1-2H3/b15-14-. The number of aliphatic hydroxyl groups excluding tert-OH is 1. The quantitative estimate of drug-likeness (QED) is 0.0666. The summed E-state index contributed by atoms with van der Waals surface area (Å²) in [4.78, 5) is 12.0. The number of carbonyl (C=O) groups is 1. The largest absolute Gasteiger partial charge is 0.457 e. The second-order valence-electron chi connectivity index (χ2n) is 10.2. The second-order valence-corrected chi connectivity index (χ2v) is 10.2. The smallest absolute Gasteiger partial charge is 0.306 e. The van der Waals surface area contributed by atoms with Crippen molar-refractivity contribution in [3.8, 4) is 0 Å². The summed E-state index contributed by atoms with van der Waals surface area (Å²) in [7, 11) is 0. The molecule has 4 heteroatoms. The molecule has 0 heterocycles. The lowest BCUT2D eigenvalue weighted by molar-refractivity contribution is -0.154. The molecule has 0 aromatic rings. The lowest BCUT2D eigenvalue weighted by Gasteiger charge is -2.15. The number of carbonyl (C=O) groups excluding carboxylic acids is 1. The molecular weight excluding hydrogens is 436 g/mol. The number of hydrogen-bond donors (Lipinski definition) is 1. The molecule has 0 bridgehead atoms. The van der Waals surface area contributed by atoms with Gasteiger partial charge in [0.15, 0.2) is 0 Å². The van der Waals surface area contributed by atoms with Gasteiger partial charge in [-0.25, -0.2) is 0 Å². The highest BCUT2D eigenvalue weighted by Gasteiger charge is 2.13. The number of rotatable bonds is 28. The summed E-state index contributed by atoms with van der Waals surface area (Å²) < 4.78 is 11.0. The highest BCUT2D eigenvalue weighted by Crippen LogP contribution is 2.11. The molecule has 0 aliphatic heterocycles. The van der Waals surface area contributed by atoms with Gasteiger partial charge in [-0.1, -0.05) is 122 Å². The predicted molar refractivity (Wildman–Crippen MR) is 150 cm³/mol. The van der Waals surface area contributed by atoms with E-state index in [4.69, 9.17) is 9.47 Å². The summed E-state index contributed by atoms with van der Waals surface area (Å²) in [6.45, 7) is 5.30. The van der Waals surface area contributed by atoms with Gasteiger partial charge in [0, 0.05) is 13.0 Å². The van der Waals surface area contributed by atoms with Crippen LogP contribution in [-0.2, 0) is 14.3 Å². The molecule has 0 saturated carbocycles. The van der Waals surface area contributed by atoms with Crippen molar-refractivity contribution in [2.75, 3.05) is 19.8 Å². The van der Waals surface area contributed by atoms with E-state index in [1.807, 2.05) is 0 Å². The highest BCUT2D eigenvalue weighted by molar-refractivity contribution is 5.69. The summed E-state index contributed by atoms with van der Waals surface area (Å²) in [5, 5.41) is 9.46. The Morgan fingerprint density at radius 2 is 1.11 bits per heavy atom. The van der Waals surface area contributed by atoms with Gasteiger partial charge in [-0.2, -0.15) is 0 Å². The molecule has 0 rings (SSSR count). The topological polar surface area (TPSA) is 55.8 Å². The summed E-state index contributed by atoms with van der Waals surface area (Å²) in [6, 6.07) is 0. The van der Waals surface area contributed by atoms with Crippen molar-refractivity contribution in [1.29, 1.82) is 0 Å². The van der Waals surface area contributed by atoms with Crippen LogP contribution in [0.5, 0.6) is 0 Å². The molecule has 0 aliphatic rings. The van der Waals surface area contributed by atoms with Crippen LogP contribution < -0.4 is 0 Å². The summed E-state index contributed by atoms with van der Waals surface area (Å²) in [6.07, 6.45) is 31.0. The normalized spacial score (nSPS) is 12.4. The van der Waals surface area contributed by atoms with Crippen LogP contribution in [0.25, 0.3) is 0 Å². The van der Waals surface area contributed by atoms with Crippen LogP contribution in [0.15, 0.2) is 12.2 Å². The van der Waals surface area contributed by atoms with Gasteiger partial charge >= 0.3 is 5.97 Å². The fraction of sp³-hybridized carbons (Fsp3) is 0.903. The number of ether oxygens (including phenoxy) is 2. The van der Waals surface area contributed by atoms with Crippen molar-refractivity contribution in [1.82, 2.24) is 0 Å². The zero-order chi connectivity index (χ0) is 25.7. The lowest BCUT2D eigenvalue weighted by atomic mass is 10.1. The van der Waals surface area contributed by atoms with Crippen LogP contribution in [0.4, 0.5) is 0 Å². The zero-order valence-electron chi connectivity index (χ0n) is 23.6. The minimum absolute atomic E-state index is 0.170. The van der Waals surface area contributed by atoms with E-state index in [9.17, 15) is 9.90 Å². The Labute approximate surface area is 218 Å². The summed E-state index contributed by atoms with van der Waals surface area (Å²) in [5.74, 6) is -0.208. The van der Waals surface area contributed by atoms with Crippen molar-refractivity contribution in [2.24, 2.45) is 0 Å². The third kappa shape index (κ3) is 27.6. The minimum atomic E-state index is -0.527. The fourth-order valence-corrected chi connectivity index (χ4v) is 4.26. The first-order valence-electron chi connectivity index (χ1n) is 15.3. The maximum absolute atomic E-state index is 12.0. The number of allylic oxidation sites excluding steroid dienone is 2. The van der Waals surface area contributed by atoms with E-state index in [1.54, 1.807) is 0 Å². The average Bonchev–Trinajstić information content (AvgIpc) is 2.86. The second kappa shape index (κ2) is 29.4. The van der Waals surface area contributed by atoms with Crippen LogP contribution in [0.3, 0.4) is 0 Å². The predicted octanol–water partition coefficient (Wildman–Crippen LogP) is 9.09. The summed E-state index contributed by atoms with van der Waals surface area (Å²) in [5.41, 5.74) is 0. The van der Waals surface area contributed by atoms with Crippen LogP contribution in [-0.4, -0.2) is 37.0 Å². The third-order valence-electron chi connectivity index (χ3n) is 6.59. The fourth-order valence-electron chi connectivity index (χ4n) is 4.26. The SMILES string of the molecule is CCCCCCC/C=C\CCCCCCCCOCC(CO)OC(=O)CCCCCCCCCC. The molecule has 1 atom stereocenters. The molecule has 35 heavy (non-hydrogen) atoms. The number of aliphatic hydroxyl groups is 1. The number of unbranched alkanes of at least 4 members (excludes halogenated alkanes) is 18. The van der Waals surface area contributed by atoms with Crippen LogP contribution in [0, 0.1) is 0 Å². The van der Waals surface area contributed by atoms with E-state index >= 15 is 0 Å². The maximum Gasteiger partial charge on any atom is 0.306 e. The van der Waals surface area contributed by atoms with Gasteiger partial charge in [0.2, 0.25) is 0 Å². The molecule has 208 valence electrons. The Kier molecular flexibility index (Phi) is 28.6. The van der Waals surface area contributed by atoms with Gasteiger partial charge in [-0.15, -0.1) is 0 Å². The zero-order valence-corrected chi connectivity index (χ0v) is 23.6. The van der Waals surface area contributed by atoms with E-state index in [1.165, 1.54) is 116 Å². The van der Waals surface area contributed by atoms with Crippen molar-refractivity contribution < 1.29 is 19.4 Å². The Hall–Kier alpha value is -0.870. The van der Waals surface area contributed by atoms with Gasteiger partial charge in [0.1, 0.15) is 6.10 Å². The van der Waals surface area contributed by atoms with Gasteiger partial charge in [-0.3, -0.25) is 4.79 Å². The molecule has 0 aromatic carbocycles. The molecular formula is C31H60O4. The molecule has 0 aliphatic carbocycles. The molecule has 1 unspecified atom stereocenters. The third-order valence-corrected chi connectivity index (χ3v) is 6.59. The van der Waals surface area contributed by atoms with Gasteiger partial charge in [0.05, 0.1) is 13.2 Å². The van der Waals surface area contributed by atoms with E-state index in [0.29, 0.717) is 19.6 Å². The van der Waals surface area contributed by atoms with E-state index < -0.39 is 6.10 Å². The maximum atomic E-state index is 12.0. The van der Waals surface area contributed by atoms with Gasteiger partial charge in [0.25, 0.3) is 0 Å². The molecule has 0 fully saturated rings. The van der Waals surface area contributed by atoms with E-state index in [-0.39, 0.29) is 12.6 Å². The summed E-state index contributed by atoms with van der Waals surface area (Å²) >= 11 is 0. The van der Waals surface area contributed by atoms with Crippen molar-refractivity contribution in [2.45, 2.75) is 161 Å². The van der Waals surface area contributed by atoms with E-state index in [2.05, 4.69) is 26.0 Å². The molecule has 0 aromatic heterocycles. The Bertz CT molecular complexity index is 449. The first-order valence-corrected chi connectivity index (χ1v) is 15.3. The molecule has 1 N–H and O–H groups in total. The van der Waals surface area contributed by atoms with Gasteiger partial charge in [-0.05, 0) is 38.5 Å². The first-order chi connectivity index (χ1) is 17.2. The highest BCUT2D eigenvalue weighted by atomic mass is 16.6. The molecule has 4 nitrogen and oxygen atoms in total. The molecule has 0 saturated heterocycles. The lowest BCUT2D eigenvalue weighted by Crippen LogP contribution is -2.27. The average molecular weight is 497 g/mol. The van der Waals surface area contributed by atoms with Crippen LogP contribution >= 0.6 is 0 Å². The van der Waals surface area contributed by atoms with Crippen molar-refractivity contribution in [3.63, 3.8) is 0 Å². The minimum Gasteiger partial charge on any atom is -0.457 e. The molecule has 0 spiro atoms. The Morgan fingerprint density at radius 3 is 1.63 bits per heavy atom. The Morgan fingerprint density at radius 1 is 0.657 bits per heavy atom. The van der Waals surface area contributed by atoms with Crippen molar-refractivity contribution >= 4 is 5.97 Å². The molecule has 0 radical (unpaired) electrons. The van der Waals surface area contributed by atoms with Crippen molar-refractivity contribution in [3.05, 3.63) is 12.2 Å². The van der Waals surface area contributed by atoms with E-state index in [0.717, 1.165) is 19.3 Å². The van der Waals surface area contributed by atoms with Crippen LogP contribution in [0.2, 0.25) is 0 Å².